The molecule has 0 bridgehead atoms. The van der Waals surface area contributed by atoms with Crippen molar-refractivity contribution in [1.29, 1.82) is 0 Å². The quantitative estimate of drug-likeness (QED) is 0.436. The Kier molecular flexibility index (Phi) is 8.43. The van der Waals surface area contributed by atoms with Crippen LogP contribution in [0, 0.1) is 17.5 Å². The van der Waals surface area contributed by atoms with Gasteiger partial charge in [0.2, 0.25) is 0 Å². The van der Waals surface area contributed by atoms with E-state index in [2.05, 4.69) is 6.92 Å². The molecule has 1 nitrogen and oxygen atoms in total. The predicted octanol–water partition coefficient (Wildman–Crippen LogP) is 5.67. The van der Waals surface area contributed by atoms with Crippen LogP contribution >= 0.6 is 0 Å². The van der Waals surface area contributed by atoms with Gasteiger partial charge in [-0.05, 0) is 12.5 Å². The zero-order chi connectivity index (χ0) is 15.7. The van der Waals surface area contributed by atoms with Crippen molar-refractivity contribution in [1.82, 2.24) is 0 Å². The van der Waals surface area contributed by atoms with Crippen LogP contribution < -0.4 is 0 Å². The first-order valence-corrected chi connectivity index (χ1v) is 7.89. The van der Waals surface area contributed by atoms with Gasteiger partial charge in [0.25, 0.3) is 0 Å². The minimum absolute atomic E-state index is 0.156. The summed E-state index contributed by atoms with van der Waals surface area (Å²) in [6.07, 6.45) is 8.29. The van der Waals surface area contributed by atoms with Crippen molar-refractivity contribution < 1.29 is 18.3 Å². The van der Waals surface area contributed by atoms with Crippen molar-refractivity contribution in [3.8, 4) is 0 Å². The van der Waals surface area contributed by atoms with E-state index in [4.69, 9.17) is 0 Å². The van der Waals surface area contributed by atoms with Gasteiger partial charge < -0.3 is 5.11 Å². The second-order valence-corrected chi connectivity index (χ2v) is 5.54. The Morgan fingerprint density at radius 2 is 1.43 bits per heavy atom. The largest absolute Gasteiger partial charge is 0.388 e. The van der Waals surface area contributed by atoms with Crippen molar-refractivity contribution >= 4 is 0 Å². The summed E-state index contributed by atoms with van der Waals surface area (Å²) >= 11 is 0. The first-order valence-electron chi connectivity index (χ1n) is 7.89. The highest BCUT2D eigenvalue weighted by molar-refractivity contribution is 5.22. The molecule has 1 unspecified atom stereocenters. The van der Waals surface area contributed by atoms with E-state index in [1.807, 2.05) is 0 Å². The summed E-state index contributed by atoms with van der Waals surface area (Å²) in [5.74, 6) is -4.01. The molecule has 0 aromatic heterocycles. The monoisotopic (exact) mass is 302 g/mol. The molecule has 1 N–H and O–H groups in total. The van der Waals surface area contributed by atoms with Crippen LogP contribution in [0.3, 0.4) is 0 Å². The Labute approximate surface area is 125 Å². The first kappa shape index (κ1) is 18.0. The topological polar surface area (TPSA) is 20.2 Å². The van der Waals surface area contributed by atoms with E-state index >= 15 is 0 Å². The van der Waals surface area contributed by atoms with Crippen molar-refractivity contribution in [2.45, 2.75) is 70.8 Å². The molecule has 0 radical (unpaired) electrons. The average Bonchev–Trinajstić information content (AvgIpc) is 2.47. The summed E-state index contributed by atoms with van der Waals surface area (Å²) in [7, 11) is 0. The van der Waals surface area contributed by atoms with Crippen molar-refractivity contribution in [3.63, 3.8) is 0 Å². The molecule has 0 amide bonds. The second-order valence-electron chi connectivity index (χ2n) is 5.54. The fraction of sp³-hybridized carbons (Fsp3) is 0.647. The third kappa shape index (κ3) is 6.08. The maximum absolute atomic E-state index is 13.5. The van der Waals surface area contributed by atoms with Gasteiger partial charge >= 0.3 is 0 Å². The Hall–Kier alpha value is -1.03. The molecule has 0 spiro atoms. The number of hydrogen-bond donors (Lipinski definition) is 1. The first-order chi connectivity index (χ1) is 10.1. The van der Waals surface area contributed by atoms with Gasteiger partial charge in [-0.2, -0.15) is 0 Å². The number of hydrogen-bond acceptors (Lipinski definition) is 1. The lowest BCUT2D eigenvalue weighted by molar-refractivity contribution is 0.157. The zero-order valence-electron chi connectivity index (χ0n) is 12.7. The highest BCUT2D eigenvalue weighted by Gasteiger charge is 2.18. The van der Waals surface area contributed by atoms with Crippen LogP contribution in [0.5, 0.6) is 0 Å². The smallest absolute Gasteiger partial charge is 0.194 e. The lowest BCUT2D eigenvalue weighted by atomic mass is 10.0. The Bertz CT molecular complexity index is 421. The van der Waals surface area contributed by atoms with Gasteiger partial charge in [0, 0.05) is 5.56 Å². The van der Waals surface area contributed by atoms with Crippen LogP contribution in [0.2, 0.25) is 0 Å². The van der Waals surface area contributed by atoms with Crippen LogP contribution in [-0.2, 0) is 0 Å². The standard InChI is InChI=1S/C17H25F3O/c1-2-3-4-5-6-7-8-9-10-15(21)13-11-12-14(18)17(20)16(13)19/h11-12,15,21H,2-10H2,1H3. The molecule has 0 fully saturated rings. The maximum atomic E-state index is 13.5. The molecule has 0 saturated heterocycles. The molecule has 4 heteroatoms. The van der Waals surface area contributed by atoms with Crippen LogP contribution in [0.15, 0.2) is 12.1 Å². The molecule has 0 aliphatic carbocycles. The summed E-state index contributed by atoms with van der Waals surface area (Å²) in [4.78, 5) is 0. The fourth-order valence-electron chi connectivity index (χ4n) is 2.43. The van der Waals surface area contributed by atoms with Gasteiger partial charge in [-0.25, -0.2) is 13.2 Å². The molecule has 0 saturated carbocycles. The van der Waals surface area contributed by atoms with Gasteiger partial charge in [-0.3, -0.25) is 0 Å². The minimum atomic E-state index is -1.51. The summed E-state index contributed by atoms with van der Waals surface area (Å²) < 4.78 is 39.4. The Morgan fingerprint density at radius 3 is 2.05 bits per heavy atom. The SMILES string of the molecule is CCCCCCCCCCC(O)c1ccc(F)c(F)c1F. The summed E-state index contributed by atoms with van der Waals surface area (Å²) in [5.41, 5.74) is -0.156. The predicted molar refractivity (Wildman–Crippen MR) is 78.5 cm³/mol. The number of aliphatic hydroxyl groups is 1. The molecule has 21 heavy (non-hydrogen) atoms. The summed E-state index contributed by atoms with van der Waals surface area (Å²) in [6, 6.07) is 1.97. The molecule has 0 aliphatic rings. The van der Waals surface area contributed by atoms with E-state index in [0.717, 1.165) is 31.4 Å². The lowest BCUT2D eigenvalue weighted by Crippen LogP contribution is -2.04. The Balaban J connectivity index is 2.25. The zero-order valence-corrected chi connectivity index (χ0v) is 12.7. The minimum Gasteiger partial charge on any atom is -0.388 e. The molecule has 120 valence electrons. The summed E-state index contributed by atoms with van der Waals surface area (Å²) in [6.45, 7) is 2.18. The molecule has 1 atom stereocenters. The Morgan fingerprint density at radius 1 is 0.857 bits per heavy atom. The molecule has 0 aliphatic heterocycles. The van der Waals surface area contributed by atoms with E-state index in [1.165, 1.54) is 32.1 Å². The lowest BCUT2D eigenvalue weighted by Gasteiger charge is -2.12. The van der Waals surface area contributed by atoms with Gasteiger partial charge in [-0.1, -0.05) is 64.4 Å². The van der Waals surface area contributed by atoms with Crippen LogP contribution in [0.25, 0.3) is 0 Å². The second kappa shape index (κ2) is 9.82. The molecule has 0 heterocycles. The van der Waals surface area contributed by atoms with Gasteiger partial charge in [0.05, 0.1) is 6.10 Å². The third-order valence-electron chi connectivity index (χ3n) is 3.76. The summed E-state index contributed by atoms with van der Waals surface area (Å²) in [5, 5.41) is 9.86. The highest BCUT2D eigenvalue weighted by Crippen LogP contribution is 2.25. The van der Waals surface area contributed by atoms with Crippen LogP contribution in [0.4, 0.5) is 13.2 Å². The van der Waals surface area contributed by atoms with E-state index in [9.17, 15) is 18.3 Å². The number of benzene rings is 1. The van der Waals surface area contributed by atoms with Gasteiger partial charge in [0.15, 0.2) is 17.5 Å². The third-order valence-corrected chi connectivity index (χ3v) is 3.76. The number of rotatable bonds is 10. The average molecular weight is 302 g/mol. The fourth-order valence-corrected chi connectivity index (χ4v) is 2.43. The van der Waals surface area contributed by atoms with Crippen molar-refractivity contribution in [2.24, 2.45) is 0 Å². The number of aliphatic hydroxyl groups excluding tert-OH is 1. The molecule has 1 aromatic carbocycles. The normalized spacial score (nSPS) is 12.6. The van der Waals surface area contributed by atoms with Gasteiger partial charge in [-0.15, -0.1) is 0 Å². The van der Waals surface area contributed by atoms with E-state index in [-0.39, 0.29) is 5.56 Å². The number of halogens is 3. The number of unbranched alkanes of at least 4 members (excludes halogenated alkanes) is 7. The maximum Gasteiger partial charge on any atom is 0.194 e. The molecular weight excluding hydrogens is 277 g/mol. The highest BCUT2D eigenvalue weighted by atomic mass is 19.2. The van der Waals surface area contributed by atoms with Crippen LogP contribution in [0.1, 0.15) is 76.4 Å². The molecule has 1 rings (SSSR count). The van der Waals surface area contributed by atoms with Crippen molar-refractivity contribution in [2.75, 3.05) is 0 Å². The molecular formula is C17H25F3O. The van der Waals surface area contributed by atoms with Gasteiger partial charge in [0.1, 0.15) is 0 Å². The van der Waals surface area contributed by atoms with E-state index in [0.29, 0.717) is 6.42 Å². The van der Waals surface area contributed by atoms with E-state index in [1.54, 1.807) is 0 Å². The molecule has 1 aromatic rings. The van der Waals surface area contributed by atoms with E-state index < -0.39 is 23.6 Å². The van der Waals surface area contributed by atoms with Crippen LogP contribution in [-0.4, -0.2) is 5.11 Å². The van der Waals surface area contributed by atoms with Crippen molar-refractivity contribution in [3.05, 3.63) is 35.1 Å².